The minimum Gasteiger partial charge on any atom is -0.461 e. The van der Waals surface area contributed by atoms with Gasteiger partial charge in [-0.2, -0.15) is 0 Å². The van der Waals surface area contributed by atoms with Crippen LogP contribution < -0.4 is 0 Å². The minimum absolute atomic E-state index is 0.00810. The van der Waals surface area contributed by atoms with E-state index in [2.05, 4.69) is 58.1 Å². The number of ether oxygens (including phenoxy) is 2. The van der Waals surface area contributed by atoms with Gasteiger partial charge >= 0.3 is 11.9 Å². The Morgan fingerprint density at radius 2 is 1.48 bits per heavy atom. The van der Waals surface area contributed by atoms with E-state index in [1.807, 2.05) is 0 Å². The van der Waals surface area contributed by atoms with Crippen LogP contribution in [0, 0.1) is 56.7 Å². The summed E-state index contributed by atoms with van der Waals surface area (Å²) in [6.45, 7) is 19.9. The quantitative estimate of drug-likeness (QED) is 0.229. The van der Waals surface area contributed by atoms with Crippen LogP contribution in [-0.4, -0.2) is 34.6 Å². The maximum Gasteiger partial charge on any atom is 0.339 e. The van der Waals surface area contributed by atoms with E-state index in [1.54, 1.807) is 49.1 Å². The fraction of sp³-hybridized carbons (Fsp3) is 0.667. The van der Waals surface area contributed by atoms with Crippen LogP contribution in [0.2, 0.25) is 0 Å². The minimum atomic E-state index is -0.255. The van der Waals surface area contributed by atoms with E-state index < -0.39 is 0 Å². The monoisotopic (exact) mass is 652 g/mol. The maximum absolute atomic E-state index is 13.2. The molecule has 0 amide bonds. The van der Waals surface area contributed by atoms with Crippen LogP contribution in [0.25, 0.3) is 0 Å². The van der Waals surface area contributed by atoms with Gasteiger partial charge in [0.05, 0.1) is 17.7 Å². The Morgan fingerprint density at radius 3 is 2.12 bits per heavy atom. The van der Waals surface area contributed by atoms with Crippen LogP contribution in [0.1, 0.15) is 126 Å². The van der Waals surface area contributed by atoms with Gasteiger partial charge in [-0.25, -0.2) is 9.59 Å². The first-order valence-corrected chi connectivity index (χ1v) is 18.6. The number of hydrogen-bond acceptors (Lipinski definition) is 6. The largest absolute Gasteiger partial charge is 0.461 e. The van der Waals surface area contributed by atoms with Gasteiger partial charge < -0.3 is 9.47 Å². The van der Waals surface area contributed by atoms with Crippen molar-refractivity contribution < 1.29 is 19.1 Å². The summed E-state index contributed by atoms with van der Waals surface area (Å²) in [5, 5.41) is 0. The second-order valence-electron chi connectivity index (χ2n) is 17.9. The number of hydrogen-bond donors (Lipinski definition) is 0. The molecule has 5 aliphatic carbocycles. The molecule has 6 nitrogen and oxygen atoms in total. The summed E-state index contributed by atoms with van der Waals surface area (Å²) >= 11 is 0. The summed E-state index contributed by atoms with van der Waals surface area (Å²) in [6.07, 6.45) is 17.9. The summed E-state index contributed by atoms with van der Waals surface area (Å²) in [5.41, 5.74) is 2.88. The van der Waals surface area contributed by atoms with Gasteiger partial charge in [0.15, 0.2) is 0 Å². The van der Waals surface area contributed by atoms with Gasteiger partial charge in [-0.3, -0.25) is 9.97 Å². The normalized spacial score (nSPS) is 41.1. The molecule has 5 saturated carbocycles. The standard InChI is InChI=1S/C42H56N2O4/c1-27(2)30-14-19-42(26-47-36(45)28-10-8-22-43-24-28)21-20-40(6)31(35(30)42)12-13-33-39(5)17-16-34(48-37(46)29-11-9-23-44-25-29)38(3,4)32(39)15-18-41(33,40)7/h8-11,22-25,30-35H,1,12-21,26H2,2-7H3/t30-,31?,32?,33?,34?,35?,39?,40?,41?,42?/m0/s1. The molecule has 0 bridgehead atoms. The van der Waals surface area contributed by atoms with Crippen molar-refractivity contribution >= 4 is 11.9 Å². The molecule has 9 unspecified atom stereocenters. The van der Waals surface area contributed by atoms with Crippen LogP contribution in [0.4, 0.5) is 0 Å². The van der Waals surface area contributed by atoms with Crippen molar-refractivity contribution in [1.82, 2.24) is 9.97 Å². The molecule has 10 atom stereocenters. The van der Waals surface area contributed by atoms with Gasteiger partial charge in [0.25, 0.3) is 0 Å². The highest BCUT2D eigenvalue weighted by atomic mass is 16.5. The third-order valence-electron chi connectivity index (χ3n) is 15.7. The first kappa shape index (κ1) is 33.5. The van der Waals surface area contributed by atoms with E-state index in [1.165, 1.54) is 37.7 Å². The highest BCUT2D eigenvalue weighted by Gasteiger charge is 2.71. The summed E-state index contributed by atoms with van der Waals surface area (Å²) in [6, 6.07) is 7.19. The lowest BCUT2D eigenvalue weighted by molar-refractivity contribution is -0.249. The van der Waals surface area contributed by atoms with Crippen molar-refractivity contribution in [3.8, 4) is 0 Å². The molecule has 2 heterocycles. The summed E-state index contributed by atoms with van der Waals surface area (Å²) in [5.74, 6) is 2.15. The van der Waals surface area contributed by atoms with Crippen LogP contribution in [0.5, 0.6) is 0 Å². The van der Waals surface area contributed by atoms with Crippen molar-refractivity contribution in [2.24, 2.45) is 56.7 Å². The van der Waals surface area contributed by atoms with Crippen LogP contribution in [-0.2, 0) is 9.47 Å². The van der Waals surface area contributed by atoms with Crippen LogP contribution in [0.15, 0.2) is 61.2 Å². The Bertz CT molecular complexity index is 1560. The highest BCUT2D eigenvalue weighted by molar-refractivity contribution is 5.89. The second-order valence-corrected chi connectivity index (χ2v) is 17.9. The number of allylic oxidation sites excluding steroid dienone is 1. The molecule has 0 radical (unpaired) electrons. The fourth-order valence-corrected chi connectivity index (χ4v) is 13.2. The molecule has 0 aliphatic heterocycles. The zero-order valence-electron chi connectivity index (χ0n) is 30.1. The van der Waals surface area contributed by atoms with Crippen molar-refractivity contribution in [3.05, 3.63) is 72.3 Å². The lowest BCUT2D eigenvalue weighted by atomic mass is 9.32. The molecule has 258 valence electrons. The average Bonchev–Trinajstić information content (AvgIpc) is 3.46. The Hall–Kier alpha value is -3.02. The van der Waals surface area contributed by atoms with Gasteiger partial charge in [0.1, 0.15) is 6.10 Å². The van der Waals surface area contributed by atoms with E-state index in [-0.39, 0.29) is 45.1 Å². The summed E-state index contributed by atoms with van der Waals surface area (Å²) in [4.78, 5) is 34.6. The first-order chi connectivity index (χ1) is 22.8. The van der Waals surface area contributed by atoms with Crippen LogP contribution in [0.3, 0.4) is 0 Å². The van der Waals surface area contributed by atoms with Crippen molar-refractivity contribution in [1.29, 1.82) is 0 Å². The number of nitrogens with zero attached hydrogens (tertiary/aromatic N) is 2. The van der Waals surface area contributed by atoms with Crippen molar-refractivity contribution in [2.45, 2.75) is 112 Å². The van der Waals surface area contributed by atoms with Crippen molar-refractivity contribution in [3.63, 3.8) is 0 Å². The Labute approximate surface area is 287 Å². The predicted molar refractivity (Wildman–Crippen MR) is 187 cm³/mol. The summed E-state index contributed by atoms with van der Waals surface area (Å²) in [7, 11) is 0. The van der Waals surface area contributed by atoms with E-state index in [0.29, 0.717) is 47.3 Å². The Morgan fingerprint density at radius 1 is 0.792 bits per heavy atom. The molecule has 48 heavy (non-hydrogen) atoms. The van der Waals surface area contributed by atoms with Gasteiger partial charge in [-0.15, -0.1) is 0 Å². The summed E-state index contributed by atoms with van der Waals surface area (Å²) < 4.78 is 12.5. The second kappa shape index (κ2) is 11.8. The third kappa shape index (κ3) is 4.93. The SMILES string of the molecule is C=C(C)[C@@H]1CCC2(COC(=O)c3cccnc3)CCC3(C)C(CCC4C5(C)CCC(OC(=O)c6cccnc6)C(C)(C)C5CCC43C)C12. The molecule has 5 aliphatic rings. The Kier molecular flexibility index (Phi) is 8.23. The molecule has 0 N–H and O–H groups in total. The molecular weight excluding hydrogens is 596 g/mol. The predicted octanol–water partition coefficient (Wildman–Crippen LogP) is 9.52. The average molecular weight is 653 g/mol. The Balaban J connectivity index is 1.14. The van der Waals surface area contributed by atoms with Crippen LogP contribution >= 0.6 is 0 Å². The van der Waals surface area contributed by atoms with Gasteiger partial charge in [-0.05, 0) is 141 Å². The lowest BCUT2D eigenvalue weighted by Gasteiger charge is -2.73. The topological polar surface area (TPSA) is 78.4 Å². The number of esters is 2. The molecule has 2 aromatic rings. The number of carbonyl (C=O) groups excluding carboxylic acids is 2. The van der Waals surface area contributed by atoms with Crippen molar-refractivity contribution in [2.75, 3.05) is 6.61 Å². The maximum atomic E-state index is 13.2. The highest BCUT2D eigenvalue weighted by Crippen LogP contribution is 2.77. The number of rotatable bonds is 6. The number of pyridine rings is 2. The molecule has 2 aromatic heterocycles. The fourth-order valence-electron chi connectivity index (χ4n) is 13.2. The first-order valence-electron chi connectivity index (χ1n) is 18.6. The van der Waals surface area contributed by atoms with E-state index in [4.69, 9.17) is 9.47 Å². The molecule has 0 spiro atoms. The molecule has 7 rings (SSSR count). The third-order valence-corrected chi connectivity index (χ3v) is 15.7. The number of aromatic nitrogens is 2. The smallest absolute Gasteiger partial charge is 0.339 e. The van der Waals surface area contributed by atoms with Gasteiger partial charge in [0, 0.05) is 35.6 Å². The molecule has 6 heteroatoms. The van der Waals surface area contributed by atoms with Gasteiger partial charge in [-0.1, -0.05) is 46.8 Å². The molecular formula is C42H56N2O4. The zero-order chi connectivity index (χ0) is 34.1. The molecule has 5 fully saturated rings. The molecule has 0 saturated heterocycles. The van der Waals surface area contributed by atoms with E-state index in [9.17, 15) is 9.59 Å². The number of carbonyl (C=O) groups is 2. The van der Waals surface area contributed by atoms with Gasteiger partial charge in [0.2, 0.25) is 0 Å². The lowest BCUT2D eigenvalue weighted by Crippen LogP contribution is -2.67. The number of fused-ring (bicyclic) bond motifs is 7. The molecule has 0 aromatic carbocycles. The van der Waals surface area contributed by atoms with E-state index in [0.717, 1.165) is 32.1 Å². The van der Waals surface area contributed by atoms with E-state index >= 15 is 0 Å². The zero-order valence-corrected chi connectivity index (χ0v) is 30.1.